The molecule has 5 atom stereocenters. The Kier molecular flexibility index (Phi) is 6.51. The van der Waals surface area contributed by atoms with Crippen molar-refractivity contribution in [2.75, 3.05) is 26.8 Å². The lowest BCUT2D eigenvalue weighted by molar-refractivity contribution is 0.0117. The largest absolute Gasteiger partial charge is 0.383 e. The Labute approximate surface area is 131 Å². The van der Waals surface area contributed by atoms with E-state index in [0.717, 1.165) is 37.5 Å². The Morgan fingerprint density at radius 3 is 2.52 bits per heavy atom. The minimum atomic E-state index is 0.645. The lowest BCUT2D eigenvalue weighted by Crippen LogP contribution is -2.59. The van der Waals surface area contributed by atoms with Gasteiger partial charge in [0.2, 0.25) is 0 Å². The van der Waals surface area contributed by atoms with E-state index in [4.69, 9.17) is 4.74 Å². The van der Waals surface area contributed by atoms with E-state index in [9.17, 15) is 0 Å². The van der Waals surface area contributed by atoms with Gasteiger partial charge in [0.05, 0.1) is 6.61 Å². The lowest BCUT2D eigenvalue weighted by Gasteiger charge is -2.48. The second-order valence-electron chi connectivity index (χ2n) is 7.52. The first-order chi connectivity index (χ1) is 10.1. The van der Waals surface area contributed by atoms with E-state index in [1.165, 1.54) is 25.7 Å². The number of methoxy groups -OCH3 is 1. The number of hydrogen-bond acceptors (Lipinski definition) is 3. The molecule has 1 N–H and O–H groups in total. The summed E-state index contributed by atoms with van der Waals surface area (Å²) < 4.78 is 5.40. The van der Waals surface area contributed by atoms with Crippen LogP contribution in [0.15, 0.2) is 0 Å². The summed E-state index contributed by atoms with van der Waals surface area (Å²) in [7, 11) is 1.83. The van der Waals surface area contributed by atoms with Crippen molar-refractivity contribution in [1.29, 1.82) is 0 Å². The molecule has 2 aliphatic rings. The Morgan fingerprint density at radius 1 is 1.24 bits per heavy atom. The highest BCUT2D eigenvalue weighted by molar-refractivity contribution is 4.98. The zero-order valence-corrected chi connectivity index (χ0v) is 14.8. The zero-order valence-electron chi connectivity index (χ0n) is 14.8. The highest BCUT2D eigenvalue weighted by Gasteiger charge is 2.42. The van der Waals surface area contributed by atoms with E-state index in [0.29, 0.717) is 18.1 Å². The highest BCUT2D eigenvalue weighted by atomic mass is 16.5. The summed E-state index contributed by atoms with van der Waals surface area (Å²) in [6, 6.07) is 2.03. The van der Waals surface area contributed by atoms with Crippen LogP contribution in [-0.2, 0) is 4.74 Å². The van der Waals surface area contributed by atoms with Gasteiger partial charge in [-0.2, -0.15) is 0 Å². The van der Waals surface area contributed by atoms with Crippen LogP contribution in [-0.4, -0.2) is 49.8 Å². The second-order valence-corrected chi connectivity index (χ2v) is 7.52. The fraction of sp³-hybridized carbons (Fsp3) is 1.00. The Hall–Kier alpha value is -0.120. The molecule has 2 rings (SSSR count). The average Bonchev–Trinajstić information content (AvgIpc) is 3.25. The van der Waals surface area contributed by atoms with Gasteiger partial charge in [-0.1, -0.05) is 20.8 Å². The molecular formula is C18H36N2O. The van der Waals surface area contributed by atoms with E-state index >= 15 is 0 Å². The number of nitrogens with zero attached hydrogens (tertiary/aromatic N) is 1. The summed E-state index contributed by atoms with van der Waals surface area (Å²) in [5, 5.41) is 3.78. The van der Waals surface area contributed by atoms with Crippen LogP contribution in [0.5, 0.6) is 0 Å². The van der Waals surface area contributed by atoms with Gasteiger partial charge in [0.1, 0.15) is 0 Å². The molecule has 0 spiro atoms. The average molecular weight is 296 g/mol. The number of rotatable bonds is 8. The topological polar surface area (TPSA) is 24.5 Å². The van der Waals surface area contributed by atoms with E-state index in [2.05, 4.69) is 37.9 Å². The summed E-state index contributed by atoms with van der Waals surface area (Å²) in [5.74, 6) is 2.55. The standard InChI is InChI=1S/C18H36N2O/c1-6-19-17-12-13(2)11-14(3)18(17)20(9-10-21-5)15(4)16-7-8-16/h13-19H,6-12H2,1-5H3. The third-order valence-corrected chi connectivity index (χ3v) is 5.66. The van der Waals surface area contributed by atoms with Crippen LogP contribution in [0.1, 0.15) is 53.4 Å². The van der Waals surface area contributed by atoms with Crippen molar-refractivity contribution in [3.63, 3.8) is 0 Å². The van der Waals surface area contributed by atoms with E-state index in [1.807, 2.05) is 7.11 Å². The molecule has 0 radical (unpaired) electrons. The molecule has 2 aliphatic carbocycles. The van der Waals surface area contributed by atoms with Crippen molar-refractivity contribution in [3.05, 3.63) is 0 Å². The molecule has 0 aromatic carbocycles. The molecule has 0 heterocycles. The van der Waals surface area contributed by atoms with Gasteiger partial charge < -0.3 is 10.1 Å². The van der Waals surface area contributed by atoms with Crippen molar-refractivity contribution in [2.24, 2.45) is 17.8 Å². The molecule has 124 valence electrons. The Morgan fingerprint density at radius 2 is 1.95 bits per heavy atom. The summed E-state index contributed by atoms with van der Waals surface area (Å²) in [6.07, 6.45) is 5.54. The van der Waals surface area contributed by atoms with Gasteiger partial charge >= 0.3 is 0 Å². The minimum Gasteiger partial charge on any atom is -0.383 e. The fourth-order valence-electron chi connectivity index (χ4n) is 4.53. The number of likely N-dealkylation sites (N-methyl/N-ethyl adjacent to an activating group) is 1. The molecular weight excluding hydrogens is 260 g/mol. The van der Waals surface area contributed by atoms with Gasteiger partial charge in [-0.3, -0.25) is 4.90 Å². The number of hydrogen-bond donors (Lipinski definition) is 1. The molecule has 0 bridgehead atoms. The summed E-state index contributed by atoms with van der Waals surface area (Å²) in [6.45, 7) is 12.6. The maximum atomic E-state index is 5.40. The molecule has 3 heteroatoms. The normalized spacial score (nSPS) is 35.1. The van der Waals surface area contributed by atoms with Crippen LogP contribution in [0.3, 0.4) is 0 Å². The van der Waals surface area contributed by atoms with Crippen molar-refractivity contribution >= 4 is 0 Å². The van der Waals surface area contributed by atoms with Crippen molar-refractivity contribution in [2.45, 2.75) is 71.5 Å². The van der Waals surface area contributed by atoms with Crippen molar-refractivity contribution < 1.29 is 4.74 Å². The molecule has 0 aromatic rings. The number of nitrogens with one attached hydrogen (secondary N) is 1. The highest BCUT2D eigenvalue weighted by Crippen LogP contribution is 2.39. The van der Waals surface area contributed by atoms with Gasteiger partial charge in [0.25, 0.3) is 0 Å². The van der Waals surface area contributed by atoms with Gasteiger partial charge in [0, 0.05) is 31.8 Å². The molecule has 5 unspecified atom stereocenters. The molecule has 0 aromatic heterocycles. The molecule has 2 saturated carbocycles. The zero-order chi connectivity index (χ0) is 15.4. The van der Waals surface area contributed by atoms with Crippen molar-refractivity contribution in [1.82, 2.24) is 10.2 Å². The number of ether oxygens (including phenoxy) is 1. The molecule has 0 saturated heterocycles. The summed E-state index contributed by atoms with van der Waals surface area (Å²) in [5.41, 5.74) is 0. The van der Waals surface area contributed by atoms with Gasteiger partial charge in [0.15, 0.2) is 0 Å². The van der Waals surface area contributed by atoms with Gasteiger partial charge in [-0.15, -0.1) is 0 Å². The monoisotopic (exact) mass is 296 g/mol. The predicted molar refractivity (Wildman–Crippen MR) is 89.6 cm³/mol. The third-order valence-electron chi connectivity index (χ3n) is 5.66. The van der Waals surface area contributed by atoms with Gasteiger partial charge in [-0.25, -0.2) is 0 Å². The third kappa shape index (κ3) is 4.43. The molecule has 0 amide bonds. The maximum absolute atomic E-state index is 5.40. The molecule has 0 aliphatic heterocycles. The first kappa shape index (κ1) is 17.2. The van der Waals surface area contributed by atoms with Gasteiger partial charge in [-0.05, 0) is 56.9 Å². The Bertz CT molecular complexity index is 306. The molecule has 2 fully saturated rings. The smallest absolute Gasteiger partial charge is 0.0589 e. The lowest BCUT2D eigenvalue weighted by atomic mass is 9.75. The van der Waals surface area contributed by atoms with Crippen LogP contribution in [0.25, 0.3) is 0 Å². The molecule has 21 heavy (non-hydrogen) atoms. The van der Waals surface area contributed by atoms with Crippen LogP contribution in [0.4, 0.5) is 0 Å². The molecule has 3 nitrogen and oxygen atoms in total. The van der Waals surface area contributed by atoms with Crippen LogP contribution in [0.2, 0.25) is 0 Å². The van der Waals surface area contributed by atoms with Crippen LogP contribution >= 0.6 is 0 Å². The van der Waals surface area contributed by atoms with E-state index < -0.39 is 0 Å². The first-order valence-corrected chi connectivity index (χ1v) is 9.06. The quantitative estimate of drug-likeness (QED) is 0.745. The first-order valence-electron chi connectivity index (χ1n) is 9.06. The summed E-state index contributed by atoms with van der Waals surface area (Å²) in [4.78, 5) is 2.78. The van der Waals surface area contributed by atoms with Crippen LogP contribution < -0.4 is 5.32 Å². The van der Waals surface area contributed by atoms with E-state index in [1.54, 1.807) is 0 Å². The summed E-state index contributed by atoms with van der Waals surface area (Å²) >= 11 is 0. The second kappa shape index (κ2) is 7.94. The maximum Gasteiger partial charge on any atom is 0.0589 e. The van der Waals surface area contributed by atoms with E-state index in [-0.39, 0.29) is 0 Å². The minimum absolute atomic E-state index is 0.645. The predicted octanol–water partition coefficient (Wildman–Crippen LogP) is 3.15. The van der Waals surface area contributed by atoms with Crippen LogP contribution in [0, 0.1) is 17.8 Å². The van der Waals surface area contributed by atoms with Crippen molar-refractivity contribution in [3.8, 4) is 0 Å². The SMILES string of the molecule is CCNC1CC(C)CC(C)C1N(CCOC)C(C)C1CC1. The fourth-order valence-corrected chi connectivity index (χ4v) is 4.53. The Balaban J connectivity index is 2.12.